The number of carbonyl (C=O) groups is 3. The lowest BCUT2D eigenvalue weighted by Gasteiger charge is -2.10. The number of nitrogens with zero attached hydrogens (tertiary/aromatic N) is 2. The molecular formula is C20H19ClN6O6. The lowest BCUT2D eigenvalue weighted by Crippen LogP contribution is -2.29. The van der Waals surface area contributed by atoms with Crippen molar-refractivity contribution in [1.29, 1.82) is 0 Å². The van der Waals surface area contributed by atoms with E-state index >= 15 is 0 Å². The number of hydrogen-bond donors (Lipinski definition) is 5. The smallest absolute Gasteiger partial charge is 0.404 e. The molecule has 3 aromatic rings. The Labute approximate surface area is 191 Å². The van der Waals surface area contributed by atoms with Gasteiger partial charge in [-0.15, -0.1) is 0 Å². The maximum Gasteiger partial charge on any atom is 0.404 e. The Morgan fingerprint density at radius 2 is 1.91 bits per heavy atom. The van der Waals surface area contributed by atoms with Gasteiger partial charge >= 0.3 is 12.1 Å². The standard InChI is InChI=1S/C20H19ClN6O6/c1-33-19-24-9-11-7-12(18(30)26-15(11)27-19)17(29)25-14-8-10(3-4-13(14)21)16(28)22-5-2-6-23-20(31)32/h3-4,7-9,23H,2,5-6H2,1H3,(H,22,28)(H,25,29)(H,31,32)(H,24,26,27,30). The van der Waals surface area contributed by atoms with Crippen molar-refractivity contribution in [2.75, 3.05) is 25.5 Å². The SMILES string of the molecule is COc1ncc2cc(C(=O)Nc3cc(C(=O)NCCCNC(=O)O)ccc3Cl)c(=O)[nH]c2n1. The number of carbonyl (C=O) groups excluding carboxylic acids is 2. The molecule has 0 spiro atoms. The van der Waals surface area contributed by atoms with E-state index < -0.39 is 23.5 Å². The van der Waals surface area contributed by atoms with Gasteiger partial charge in [0, 0.05) is 30.2 Å². The number of aromatic nitrogens is 3. The molecule has 2 heterocycles. The highest BCUT2D eigenvalue weighted by Gasteiger charge is 2.16. The van der Waals surface area contributed by atoms with Crippen LogP contribution in [0.15, 0.2) is 35.3 Å². The predicted molar refractivity (Wildman–Crippen MR) is 119 cm³/mol. The first-order valence-electron chi connectivity index (χ1n) is 9.58. The van der Waals surface area contributed by atoms with Crippen LogP contribution in [-0.4, -0.2) is 58.2 Å². The highest BCUT2D eigenvalue weighted by molar-refractivity contribution is 6.34. The molecule has 0 unspecified atom stereocenters. The fourth-order valence-electron chi connectivity index (χ4n) is 2.78. The van der Waals surface area contributed by atoms with Gasteiger partial charge in [0.05, 0.1) is 17.8 Å². The van der Waals surface area contributed by atoms with Crippen LogP contribution >= 0.6 is 11.6 Å². The second-order valence-corrected chi connectivity index (χ2v) is 7.07. The number of benzene rings is 1. The van der Waals surface area contributed by atoms with Crippen LogP contribution in [-0.2, 0) is 0 Å². The number of amides is 3. The van der Waals surface area contributed by atoms with Gasteiger partial charge in [0.2, 0.25) is 0 Å². The van der Waals surface area contributed by atoms with Crippen molar-refractivity contribution >= 4 is 46.2 Å². The zero-order valence-corrected chi connectivity index (χ0v) is 18.0. The molecule has 2 aromatic heterocycles. The average Bonchev–Trinajstić information content (AvgIpc) is 2.78. The van der Waals surface area contributed by atoms with Gasteiger partial charge in [-0.25, -0.2) is 9.78 Å². The number of halogens is 1. The van der Waals surface area contributed by atoms with Crippen LogP contribution in [0.1, 0.15) is 27.1 Å². The summed E-state index contributed by atoms with van der Waals surface area (Å²) < 4.78 is 4.91. The quantitative estimate of drug-likeness (QED) is 0.306. The third kappa shape index (κ3) is 5.95. The van der Waals surface area contributed by atoms with E-state index in [0.717, 1.165) is 0 Å². The summed E-state index contributed by atoms with van der Waals surface area (Å²) in [5.74, 6) is -1.18. The van der Waals surface area contributed by atoms with Gasteiger partial charge < -0.3 is 30.8 Å². The Balaban J connectivity index is 1.73. The van der Waals surface area contributed by atoms with Crippen LogP contribution in [0.4, 0.5) is 10.5 Å². The summed E-state index contributed by atoms with van der Waals surface area (Å²) in [7, 11) is 1.38. The molecule has 172 valence electrons. The molecule has 0 aliphatic carbocycles. The molecule has 0 atom stereocenters. The molecule has 0 saturated heterocycles. The fraction of sp³-hybridized carbons (Fsp3) is 0.200. The van der Waals surface area contributed by atoms with Gasteiger partial charge in [-0.2, -0.15) is 4.98 Å². The normalized spacial score (nSPS) is 10.5. The molecule has 33 heavy (non-hydrogen) atoms. The van der Waals surface area contributed by atoms with Gasteiger partial charge in [0.1, 0.15) is 11.2 Å². The third-order valence-corrected chi connectivity index (χ3v) is 4.72. The van der Waals surface area contributed by atoms with Crippen LogP contribution in [0.2, 0.25) is 5.02 Å². The summed E-state index contributed by atoms with van der Waals surface area (Å²) in [6, 6.07) is 5.67. The van der Waals surface area contributed by atoms with Crippen molar-refractivity contribution in [3.63, 3.8) is 0 Å². The first kappa shape index (κ1) is 23.5. The van der Waals surface area contributed by atoms with Crippen molar-refractivity contribution in [2.24, 2.45) is 0 Å². The van der Waals surface area contributed by atoms with E-state index in [-0.39, 0.29) is 46.6 Å². The predicted octanol–water partition coefficient (Wildman–Crippen LogP) is 1.62. The van der Waals surface area contributed by atoms with E-state index in [0.29, 0.717) is 11.8 Å². The van der Waals surface area contributed by atoms with Gasteiger partial charge in [0.25, 0.3) is 17.4 Å². The molecule has 0 bridgehead atoms. The minimum atomic E-state index is -1.14. The number of carboxylic acid groups (broad SMARTS) is 1. The van der Waals surface area contributed by atoms with Crippen LogP contribution in [0.5, 0.6) is 6.01 Å². The number of hydrogen-bond acceptors (Lipinski definition) is 7. The van der Waals surface area contributed by atoms with Gasteiger partial charge in [-0.1, -0.05) is 11.6 Å². The monoisotopic (exact) mass is 474 g/mol. The minimum Gasteiger partial charge on any atom is -0.467 e. The summed E-state index contributed by atoms with van der Waals surface area (Å²) in [6.45, 7) is 0.429. The number of rotatable bonds is 8. The van der Waals surface area contributed by atoms with E-state index in [1.165, 1.54) is 37.6 Å². The molecule has 1 aromatic carbocycles. The lowest BCUT2D eigenvalue weighted by atomic mass is 10.1. The minimum absolute atomic E-state index is 0.0652. The van der Waals surface area contributed by atoms with E-state index in [9.17, 15) is 19.2 Å². The summed E-state index contributed by atoms with van der Waals surface area (Å²) in [5.41, 5.74) is -0.325. The third-order valence-electron chi connectivity index (χ3n) is 4.39. The topological polar surface area (TPSA) is 175 Å². The van der Waals surface area contributed by atoms with Crippen molar-refractivity contribution in [3.05, 3.63) is 57.0 Å². The number of pyridine rings is 1. The van der Waals surface area contributed by atoms with E-state index in [1.54, 1.807) is 0 Å². The Morgan fingerprint density at radius 1 is 1.15 bits per heavy atom. The zero-order chi connectivity index (χ0) is 24.0. The molecule has 0 saturated carbocycles. The van der Waals surface area contributed by atoms with Crippen molar-refractivity contribution in [1.82, 2.24) is 25.6 Å². The van der Waals surface area contributed by atoms with E-state index in [2.05, 4.69) is 30.9 Å². The number of anilines is 1. The second-order valence-electron chi connectivity index (χ2n) is 6.66. The molecule has 13 heteroatoms. The Hall–Kier alpha value is -4.19. The van der Waals surface area contributed by atoms with Crippen LogP contribution in [0, 0.1) is 0 Å². The highest BCUT2D eigenvalue weighted by Crippen LogP contribution is 2.24. The Kier molecular flexibility index (Phi) is 7.41. The number of fused-ring (bicyclic) bond motifs is 1. The number of ether oxygens (including phenoxy) is 1. The highest BCUT2D eigenvalue weighted by atomic mass is 35.5. The number of methoxy groups -OCH3 is 1. The molecule has 0 aliphatic rings. The zero-order valence-electron chi connectivity index (χ0n) is 17.3. The molecule has 0 aliphatic heterocycles. The van der Waals surface area contributed by atoms with Crippen LogP contribution in [0.25, 0.3) is 11.0 Å². The maximum absolute atomic E-state index is 12.7. The largest absolute Gasteiger partial charge is 0.467 e. The fourth-order valence-corrected chi connectivity index (χ4v) is 2.95. The number of nitrogens with one attached hydrogen (secondary N) is 4. The van der Waals surface area contributed by atoms with E-state index in [1.807, 2.05) is 0 Å². The maximum atomic E-state index is 12.7. The van der Waals surface area contributed by atoms with Gasteiger partial charge in [-0.3, -0.25) is 14.4 Å². The molecule has 0 radical (unpaired) electrons. The average molecular weight is 475 g/mol. The first-order chi connectivity index (χ1) is 15.8. The molecular weight excluding hydrogens is 456 g/mol. The van der Waals surface area contributed by atoms with Crippen LogP contribution < -0.4 is 26.2 Å². The summed E-state index contributed by atoms with van der Waals surface area (Å²) in [6.07, 6.45) is 0.657. The summed E-state index contributed by atoms with van der Waals surface area (Å²) in [5, 5.41) is 16.5. The Bertz CT molecular complexity index is 1280. The molecule has 3 rings (SSSR count). The van der Waals surface area contributed by atoms with Crippen LogP contribution in [0.3, 0.4) is 0 Å². The number of H-pyrrole nitrogens is 1. The van der Waals surface area contributed by atoms with Crippen molar-refractivity contribution in [2.45, 2.75) is 6.42 Å². The summed E-state index contributed by atoms with van der Waals surface area (Å²) in [4.78, 5) is 58.3. The summed E-state index contributed by atoms with van der Waals surface area (Å²) >= 11 is 6.15. The molecule has 5 N–H and O–H groups in total. The van der Waals surface area contributed by atoms with E-state index in [4.69, 9.17) is 21.4 Å². The second kappa shape index (κ2) is 10.4. The van der Waals surface area contributed by atoms with Gasteiger partial charge in [-0.05, 0) is 30.7 Å². The number of aromatic amines is 1. The lowest BCUT2D eigenvalue weighted by molar-refractivity contribution is 0.0952. The molecule has 0 fully saturated rings. The van der Waals surface area contributed by atoms with Crippen molar-refractivity contribution < 1.29 is 24.2 Å². The molecule has 12 nitrogen and oxygen atoms in total. The molecule has 3 amide bonds. The van der Waals surface area contributed by atoms with Crippen molar-refractivity contribution in [3.8, 4) is 6.01 Å². The first-order valence-corrected chi connectivity index (χ1v) is 9.96. The van der Waals surface area contributed by atoms with Gasteiger partial charge in [0.15, 0.2) is 0 Å². The Morgan fingerprint density at radius 3 is 2.64 bits per heavy atom.